The van der Waals surface area contributed by atoms with Crippen LogP contribution in [0.15, 0.2) is 41.3 Å². The first-order chi connectivity index (χ1) is 7.22. The van der Waals surface area contributed by atoms with Crippen LogP contribution >= 0.6 is 0 Å². The van der Waals surface area contributed by atoms with Gasteiger partial charge in [-0.15, -0.1) is 0 Å². The summed E-state index contributed by atoms with van der Waals surface area (Å²) in [4.78, 5) is 0.461. The van der Waals surface area contributed by atoms with Crippen LogP contribution in [0.4, 0.5) is 0 Å². The third kappa shape index (κ3) is 2.73. The molecule has 0 aliphatic heterocycles. The van der Waals surface area contributed by atoms with Gasteiger partial charge in [0.2, 0.25) is 0 Å². The molecule has 0 heterocycles. The molecule has 1 atom stereocenters. The molecule has 0 aliphatic carbocycles. The Balaban J connectivity index is 0.00000128. The molecular formula is C12H13NaO2S. The fourth-order valence-electron chi connectivity index (χ4n) is 1.73. The van der Waals surface area contributed by atoms with Gasteiger partial charge in [-0.1, -0.05) is 31.2 Å². The molecule has 2 nitrogen and oxygen atoms in total. The second-order valence-electron chi connectivity index (χ2n) is 3.40. The predicted octanol–water partition coefficient (Wildman–Crippen LogP) is 2.33. The molecule has 0 aliphatic rings. The molecule has 1 N–H and O–H groups in total. The summed E-state index contributed by atoms with van der Waals surface area (Å²) >= 11 is -1.90. The maximum absolute atomic E-state index is 11.0. The minimum atomic E-state index is -1.90. The van der Waals surface area contributed by atoms with Crippen molar-refractivity contribution in [3.05, 3.63) is 42.0 Å². The molecule has 4 heteroatoms. The Morgan fingerprint density at radius 1 is 1.25 bits per heavy atom. The summed E-state index contributed by atoms with van der Waals surface area (Å²) < 4.78 is 20.0. The van der Waals surface area contributed by atoms with Crippen molar-refractivity contribution in [3.8, 4) is 0 Å². The molecule has 1 unspecified atom stereocenters. The molecule has 0 radical (unpaired) electrons. The van der Waals surface area contributed by atoms with E-state index >= 15 is 0 Å². The summed E-state index contributed by atoms with van der Waals surface area (Å²) in [6.45, 7) is 2.08. The Morgan fingerprint density at radius 3 is 2.62 bits per heavy atom. The van der Waals surface area contributed by atoms with Crippen molar-refractivity contribution < 1.29 is 8.76 Å². The van der Waals surface area contributed by atoms with E-state index in [1.807, 2.05) is 24.3 Å². The van der Waals surface area contributed by atoms with E-state index in [2.05, 4.69) is 6.92 Å². The van der Waals surface area contributed by atoms with Crippen LogP contribution in [0.5, 0.6) is 0 Å². The Labute approximate surface area is 120 Å². The van der Waals surface area contributed by atoms with Gasteiger partial charge in [-0.05, 0) is 34.9 Å². The average Bonchev–Trinajstić information content (AvgIpc) is 2.27. The van der Waals surface area contributed by atoms with Crippen molar-refractivity contribution in [3.63, 3.8) is 0 Å². The number of benzene rings is 2. The average molecular weight is 244 g/mol. The third-order valence-electron chi connectivity index (χ3n) is 2.53. The number of fused-ring (bicyclic) bond motifs is 1. The van der Waals surface area contributed by atoms with Gasteiger partial charge in [-0.3, -0.25) is 0 Å². The van der Waals surface area contributed by atoms with E-state index in [1.165, 1.54) is 5.56 Å². The van der Waals surface area contributed by atoms with Crippen molar-refractivity contribution in [2.75, 3.05) is 0 Å². The van der Waals surface area contributed by atoms with E-state index in [1.54, 1.807) is 12.1 Å². The SMILES string of the molecule is CCc1cccc2ccc(S(=O)O)cc12.[NaH]. The van der Waals surface area contributed by atoms with E-state index in [9.17, 15) is 4.21 Å². The predicted molar refractivity (Wildman–Crippen MR) is 69.5 cm³/mol. The van der Waals surface area contributed by atoms with Crippen molar-refractivity contribution in [2.24, 2.45) is 0 Å². The van der Waals surface area contributed by atoms with Gasteiger partial charge in [0.25, 0.3) is 0 Å². The molecule has 0 saturated carbocycles. The van der Waals surface area contributed by atoms with Gasteiger partial charge >= 0.3 is 29.6 Å². The zero-order valence-corrected chi connectivity index (χ0v) is 9.25. The molecule has 2 rings (SSSR count). The van der Waals surface area contributed by atoms with Crippen LogP contribution in [0.3, 0.4) is 0 Å². The zero-order chi connectivity index (χ0) is 10.8. The molecule has 2 aromatic rings. The molecule has 0 amide bonds. The Kier molecular flexibility index (Phi) is 5.15. The van der Waals surface area contributed by atoms with Gasteiger partial charge in [0.1, 0.15) is 0 Å². The molecule has 0 bridgehead atoms. The van der Waals surface area contributed by atoms with E-state index < -0.39 is 11.1 Å². The van der Waals surface area contributed by atoms with E-state index in [0.29, 0.717) is 4.90 Å². The fourth-order valence-corrected chi connectivity index (χ4v) is 2.14. The summed E-state index contributed by atoms with van der Waals surface area (Å²) in [6.07, 6.45) is 0.929. The number of rotatable bonds is 2. The summed E-state index contributed by atoms with van der Waals surface area (Å²) in [7, 11) is 0. The number of aryl methyl sites for hydroxylation is 1. The minimum absolute atomic E-state index is 0. The summed E-state index contributed by atoms with van der Waals surface area (Å²) in [5.74, 6) is 0. The van der Waals surface area contributed by atoms with Crippen LogP contribution in [-0.4, -0.2) is 38.3 Å². The molecule has 0 saturated heterocycles. The van der Waals surface area contributed by atoms with Gasteiger partial charge in [-0.2, -0.15) is 0 Å². The van der Waals surface area contributed by atoms with Gasteiger partial charge in [-0.25, -0.2) is 4.21 Å². The van der Waals surface area contributed by atoms with Gasteiger partial charge in [0, 0.05) is 0 Å². The molecule has 0 aromatic heterocycles. The molecule has 16 heavy (non-hydrogen) atoms. The van der Waals surface area contributed by atoms with Crippen LogP contribution in [0, 0.1) is 0 Å². The van der Waals surface area contributed by atoms with Gasteiger partial charge in [0.15, 0.2) is 11.1 Å². The molecular weight excluding hydrogens is 231 g/mol. The summed E-state index contributed by atoms with van der Waals surface area (Å²) in [5, 5.41) is 2.18. The van der Waals surface area contributed by atoms with Crippen molar-refractivity contribution in [1.29, 1.82) is 0 Å². The van der Waals surface area contributed by atoms with Crippen LogP contribution in [0.25, 0.3) is 10.8 Å². The standard InChI is InChI=1S/C12H12O2S.Na.H/c1-2-9-4-3-5-10-6-7-11(15(13)14)8-12(9)10;;/h3-8H,2H2,1H3,(H,13,14);;. The molecule has 80 valence electrons. The second-order valence-corrected chi connectivity index (χ2v) is 4.37. The van der Waals surface area contributed by atoms with Crippen LogP contribution < -0.4 is 0 Å². The van der Waals surface area contributed by atoms with Crippen LogP contribution in [0.2, 0.25) is 0 Å². The number of hydrogen-bond acceptors (Lipinski definition) is 1. The van der Waals surface area contributed by atoms with Gasteiger partial charge < -0.3 is 4.55 Å². The first-order valence-electron chi connectivity index (χ1n) is 4.85. The van der Waals surface area contributed by atoms with Crippen LogP contribution in [-0.2, 0) is 17.5 Å². The van der Waals surface area contributed by atoms with E-state index in [4.69, 9.17) is 4.55 Å². The van der Waals surface area contributed by atoms with Crippen LogP contribution in [0.1, 0.15) is 12.5 Å². The normalized spacial score (nSPS) is 12.1. The summed E-state index contributed by atoms with van der Waals surface area (Å²) in [6, 6.07) is 11.4. The van der Waals surface area contributed by atoms with E-state index in [-0.39, 0.29) is 29.6 Å². The Hall–Kier alpha value is -0.190. The monoisotopic (exact) mass is 244 g/mol. The Morgan fingerprint density at radius 2 is 2.00 bits per heavy atom. The Bertz CT molecular complexity index is 525. The quantitative estimate of drug-likeness (QED) is 0.650. The topological polar surface area (TPSA) is 37.3 Å². The van der Waals surface area contributed by atoms with Gasteiger partial charge in [0.05, 0.1) is 4.90 Å². The van der Waals surface area contributed by atoms with Crippen molar-refractivity contribution in [1.82, 2.24) is 0 Å². The first kappa shape index (κ1) is 13.9. The molecule has 0 fully saturated rings. The first-order valence-corrected chi connectivity index (χ1v) is 5.95. The van der Waals surface area contributed by atoms with Crippen molar-refractivity contribution >= 4 is 51.4 Å². The molecule has 2 aromatic carbocycles. The fraction of sp³-hybridized carbons (Fsp3) is 0.167. The summed E-state index contributed by atoms with van der Waals surface area (Å²) in [5.41, 5.74) is 1.21. The zero-order valence-electron chi connectivity index (χ0n) is 8.43. The number of hydrogen-bond donors (Lipinski definition) is 1. The second kappa shape index (κ2) is 5.94. The van der Waals surface area contributed by atoms with E-state index in [0.717, 1.165) is 17.2 Å². The molecule has 0 spiro atoms. The maximum atomic E-state index is 11.0. The third-order valence-corrected chi connectivity index (χ3v) is 3.18. The van der Waals surface area contributed by atoms with Crippen molar-refractivity contribution in [2.45, 2.75) is 18.2 Å².